The lowest BCUT2D eigenvalue weighted by molar-refractivity contribution is -0.384. The highest BCUT2D eigenvalue weighted by molar-refractivity contribution is 7.91. The zero-order valence-corrected chi connectivity index (χ0v) is 20.1. The highest BCUT2D eigenvalue weighted by Crippen LogP contribution is 2.31. The molecule has 4 rings (SSSR count). The maximum atomic E-state index is 12.9. The first kappa shape index (κ1) is 23.1. The molecule has 0 radical (unpaired) electrons. The van der Waals surface area contributed by atoms with Gasteiger partial charge in [0, 0.05) is 37.7 Å². The van der Waals surface area contributed by atoms with Crippen molar-refractivity contribution in [3.8, 4) is 0 Å². The zero-order chi connectivity index (χ0) is 23.0. The van der Waals surface area contributed by atoms with Crippen molar-refractivity contribution in [2.45, 2.75) is 30.5 Å². The number of non-ortho nitro benzene ring substituents is 1. The van der Waals surface area contributed by atoms with Crippen molar-refractivity contribution >= 4 is 66.1 Å². The largest absolute Gasteiger partial charge is 0.316 e. The summed E-state index contributed by atoms with van der Waals surface area (Å²) in [5.41, 5.74) is 0.643. The average molecular weight is 515 g/mol. The lowest BCUT2D eigenvalue weighted by Gasteiger charge is -2.29. The Kier molecular flexibility index (Phi) is 6.50. The van der Waals surface area contributed by atoms with E-state index in [0.717, 1.165) is 16.0 Å². The number of piperidine rings is 1. The van der Waals surface area contributed by atoms with Crippen LogP contribution in [-0.2, 0) is 21.4 Å². The number of fused-ring (bicyclic) bond motifs is 1. The van der Waals surface area contributed by atoms with Gasteiger partial charge in [-0.3, -0.25) is 14.9 Å². The molecule has 3 heterocycles. The van der Waals surface area contributed by atoms with Gasteiger partial charge >= 0.3 is 0 Å². The number of carbonyl (C=O) groups is 1. The normalized spacial score (nSPS) is 16.6. The number of nitrogens with zero attached hydrogens (tertiary/aromatic N) is 4. The number of nitro benzene ring substituents is 1. The molecular formula is C19H19ClN4O5S3. The molecule has 1 amide bonds. The first-order valence-electron chi connectivity index (χ1n) is 9.82. The van der Waals surface area contributed by atoms with E-state index in [0.29, 0.717) is 34.0 Å². The maximum absolute atomic E-state index is 12.9. The van der Waals surface area contributed by atoms with Crippen LogP contribution in [0, 0.1) is 16.0 Å². The monoisotopic (exact) mass is 514 g/mol. The van der Waals surface area contributed by atoms with E-state index in [1.54, 1.807) is 16.7 Å². The van der Waals surface area contributed by atoms with Gasteiger partial charge in [-0.25, -0.2) is 8.42 Å². The molecule has 3 aromatic rings. The van der Waals surface area contributed by atoms with E-state index in [1.165, 1.54) is 33.8 Å². The number of amides is 1. The van der Waals surface area contributed by atoms with Crippen LogP contribution in [0.4, 0.5) is 5.69 Å². The maximum Gasteiger partial charge on any atom is 0.271 e. The third kappa shape index (κ3) is 4.37. The van der Waals surface area contributed by atoms with Crippen molar-refractivity contribution in [1.29, 1.82) is 0 Å². The molecule has 0 saturated carbocycles. The van der Waals surface area contributed by atoms with Crippen LogP contribution >= 0.6 is 34.3 Å². The van der Waals surface area contributed by atoms with Gasteiger partial charge < -0.3 is 4.57 Å². The smallest absolute Gasteiger partial charge is 0.271 e. The molecule has 1 saturated heterocycles. The van der Waals surface area contributed by atoms with E-state index in [1.807, 2.05) is 6.92 Å². The van der Waals surface area contributed by atoms with Crippen LogP contribution in [0.15, 0.2) is 39.5 Å². The number of nitro groups is 1. The number of halogens is 1. The third-order valence-electron chi connectivity index (χ3n) is 5.34. The molecule has 32 heavy (non-hydrogen) atoms. The number of aromatic nitrogens is 1. The number of hydrogen-bond acceptors (Lipinski definition) is 7. The SMILES string of the molecule is CCn1c(=NC(=O)C2CCN(S(=O)(=O)c3ccc(Cl)s3)CC2)sc2ccc([N+](=O)[O-])cc21. The fourth-order valence-electron chi connectivity index (χ4n) is 3.65. The standard InChI is InChI=1S/C19H19ClN4O5S3/c1-2-23-14-11-13(24(26)27)3-4-15(14)30-19(23)21-18(25)12-7-9-22(10-8-12)32(28,29)17-6-5-16(20)31-17/h3-6,11-12H,2,7-10H2,1H3. The summed E-state index contributed by atoms with van der Waals surface area (Å²) in [5, 5.41) is 11.1. The molecule has 1 aromatic carbocycles. The highest BCUT2D eigenvalue weighted by atomic mass is 35.5. The molecule has 9 nitrogen and oxygen atoms in total. The summed E-state index contributed by atoms with van der Waals surface area (Å²) in [6.45, 7) is 2.86. The Hall–Kier alpha value is -2.12. The minimum absolute atomic E-state index is 0.0176. The molecule has 2 aromatic heterocycles. The number of carbonyl (C=O) groups excluding carboxylic acids is 1. The zero-order valence-electron chi connectivity index (χ0n) is 16.9. The lowest BCUT2D eigenvalue weighted by Crippen LogP contribution is -2.40. The summed E-state index contributed by atoms with van der Waals surface area (Å²) in [6.07, 6.45) is 0.756. The Morgan fingerprint density at radius 2 is 1.97 bits per heavy atom. The van der Waals surface area contributed by atoms with Crippen LogP contribution in [-0.4, -0.2) is 41.2 Å². The Balaban J connectivity index is 1.54. The first-order valence-corrected chi connectivity index (χ1v) is 13.3. The van der Waals surface area contributed by atoms with Crippen LogP contribution in [0.2, 0.25) is 4.34 Å². The van der Waals surface area contributed by atoms with Crippen LogP contribution in [0.1, 0.15) is 19.8 Å². The number of rotatable bonds is 5. The van der Waals surface area contributed by atoms with Gasteiger partial charge in [-0.05, 0) is 38.0 Å². The first-order chi connectivity index (χ1) is 15.2. The second-order valence-electron chi connectivity index (χ2n) is 7.22. The molecule has 13 heteroatoms. The van der Waals surface area contributed by atoms with Crippen molar-refractivity contribution in [3.05, 3.63) is 49.6 Å². The van der Waals surface area contributed by atoms with E-state index in [4.69, 9.17) is 11.6 Å². The van der Waals surface area contributed by atoms with Crippen molar-refractivity contribution in [1.82, 2.24) is 8.87 Å². The summed E-state index contributed by atoms with van der Waals surface area (Å²) in [5.74, 6) is -0.678. The fourth-order valence-corrected chi connectivity index (χ4v) is 7.84. The molecule has 1 fully saturated rings. The number of thiazole rings is 1. The number of sulfonamides is 1. The van der Waals surface area contributed by atoms with Gasteiger partial charge in [-0.2, -0.15) is 9.30 Å². The van der Waals surface area contributed by atoms with Crippen molar-refractivity contribution in [2.24, 2.45) is 10.9 Å². The molecule has 1 aliphatic heterocycles. The topological polar surface area (TPSA) is 115 Å². The summed E-state index contributed by atoms with van der Waals surface area (Å²) < 4.78 is 30.1. The van der Waals surface area contributed by atoms with Crippen molar-refractivity contribution in [2.75, 3.05) is 13.1 Å². The number of aryl methyl sites for hydroxylation is 1. The Bertz CT molecular complexity index is 1370. The molecule has 0 aliphatic carbocycles. The minimum Gasteiger partial charge on any atom is -0.316 e. The van der Waals surface area contributed by atoms with Gasteiger partial charge in [0.25, 0.3) is 21.6 Å². The summed E-state index contributed by atoms with van der Waals surface area (Å²) in [6, 6.07) is 7.62. The third-order valence-corrected chi connectivity index (χ3v) is 10.0. The predicted octanol–water partition coefficient (Wildman–Crippen LogP) is 3.87. The van der Waals surface area contributed by atoms with Gasteiger partial charge in [0.1, 0.15) is 4.21 Å². The Labute approximate surface area is 196 Å². The Morgan fingerprint density at radius 3 is 2.56 bits per heavy atom. The van der Waals surface area contributed by atoms with Gasteiger partial charge in [-0.15, -0.1) is 11.3 Å². The average Bonchev–Trinajstić information content (AvgIpc) is 3.36. The fraction of sp³-hybridized carbons (Fsp3) is 0.368. The molecule has 0 spiro atoms. The van der Waals surface area contributed by atoms with E-state index in [-0.39, 0.29) is 34.8 Å². The molecule has 170 valence electrons. The molecule has 0 atom stereocenters. The summed E-state index contributed by atoms with van der Waals surface area (Å²) in [7, 11) is -3.62. The molecule has 0 bridgehead atoms. The van der Waals surface area contributed by atoms with Crippen LogP contribution in [0.5, 0.6) is 0 Å². The van der Waals surface area contributed by atoms with Gasteiger partial charge in [-0.1, -0.05) is 22.9 Å². The second-order valence-corrected chi connectivity index (χ2v) is 12.1. The van der Waals surface area contributed by atoms with Crippen LogP contribution in [0.3, 0.4) is 0 Å². The quantitative estimate of drug-likeness (QED) is 0.378. The van der Waals surface area contributed by atoms with Gasteiger partial charge in [0.15, 0.2) is 4.80 Å². The van der Waals surface area contributed by atoms with Gasteiger partial charge in [0.05, 0.1) is 19.5 Å². The number of benzene rings is 1. The molecule has 1 aliphatic rings. The predicted molar refractivity (Wildman–Crippen MR) is 124 cm³/mol. The minimum atomic E-state index is -3.62. The Morgan fingerprint density at radius 1 is 1.25 bits per heavy atom. The molecular weight excluding hydrogens is 496 g/mol. The number of thiophene rings is 1. The molecule has 0 N–H and O–H groups in total. The summed E-state index contributed by atoms with van der Waals surface area (Å²) in [4.78, 5) is 28.3. The second kappa shape index (κ2) is 9.02. The number of hydrogen-bond donors (Lipinski definition) is 0. The lowest BCUT2D eigenvalue weighted by atomic mass is 9.98. The van der Waals surface area contributed by atoms with Crippen molar-refractivity contribution in [3.63, 3.8) is 0 Å². The van der Waals surface area contributed by atoms with E-state index in [9.17, 15) is 23.3 Å². The van der Waals surface area contributed by atoms with E-state index >= 15 is 0 Å². The highest BCUT2D eigenvalue weighted by Gasteiger charge is 2.33. The van der Waals surface area contributed by atoms with Crippen LogP contribution < -0.4 is 4.80 Å². The molecule has 0 unspecified atom stereocenters. The van der Waals surface area contributed by atoms with Gasteiger partial charge in [0.2, 0.25) is 0 Å². The van der Waals surface area contributed by atoms with Crippen molar-refractivity contribution < 1.29 is 18.1 Å². The van der Waals surface area contributed by atoms with E-state index < -0.39 is 14.9 Å². The summed E-state index contributed by atoms with van der Waals surface area (Å²) >= 11 is 8.18. The van der Waals surface area contributed by atoms with E-state index in [2.05, 4.69) is 4.99 Å². The van der Waals surface area contributed by atoms with Crippen LogP contribution in [0.25, 0.3) is 10.2 Å².